The fourth-order valence-electron chi connectivity index (χ4n) is 1.75. The average Bonchev–Trinajstić information content (AvgIpc) is 2.43. The quantitative estimate of drug-likeness (QED) is 0.838. The molecule has 0 spiro atoms. The van der Waals surface area contributed by atoms with Crippen molar-refractivity contribution in [1.29, 1.82) is 0 Å². The van der Waals surface area contributed by atoms with Crippen molar-refractivity contribution in [2.24, 2.45) is 5.41 Å². The molecule has 0 aliphatic carbocycles. The Hall–Kier alpha value is -1.77. The highest BCUT2D eigenvalue weighted by Gasteiger charge is 2.13. The smallest absolute Gasteiger partial charge is 0.319 e. The molecule has 2 amide bonds. The lowest BCUT2D eigenvalue weighted by molar-refractivity contribution is 0.241. The van der Waals surface area contributed by atoms with Crippen molar-refractivity contribution in [2.45, 2.75) is 54.0 Å². The Bertz CT molecular complexity index is 495. The minimum Gasteiger partial charge on any atom is -0.331 e. The normalized spacial score (nSPS) is 13.7. The third kappa shape index (κ3) is 5.62. The summed E-state index contributed by atoms with van der Waals surface area (Å²) < 4.78 is 0. The number of allylic oxidation sites excluding steroid dienone is 1. The number of carbonyl (C=O) groups is 1. The van der Waals surface area contributed by atoms with Gasteiger partial charge in [-0.15, -0.1) is 0 Å². The maximum Gasteiger partial charge on any atom is 0.319 e. The Kier molecular flexibility index (Phi) is 6.01. The molecule has 0 aliphatic rings. The number of carbonyl (C=O) groups excluding carboxylic acids is 1. The standard InChI is InChI=1S/C18H28N2O/c1-7-15-8-10-16(11-9-15)14(3)20-17(21)19-12-13(2)18(4,5)6/h8-12,14H,7H2,1-6H3,(H2,19,20,21)/b13-12+. The summed E-state index contributed by atoms with van der Waals surface area (Å²) >= 11 is 0. The van der Waals surface area contributed by atoms with Gasteiger partial charge in [-0.05, 0) is 36.8 Å². The van der Waals surface area contributed by atoms with Gasteiger partial charge in [0.2, 0.25) is 0 Å². The van der Waals surface area contributed by atoms with E-state index < -0.39 is 0 Å². The minimum atomic E-state index is -0.175. The van der Waals surface area contributed by atoms with Crippen LogP contribution in [0.15, 0.2) is 36.0 Å². The zero-order valence-electron chi connectivity index (χ0n) is 14.1. The van der Waals surface area contributed by atoms with Gasteiger partial charge < -0.3 is 10.6 Å². The van der Waals surface area contributed by atoms with Gasteiger partial charge in [0.25, 0.3) is 0 Å². The summed E-state index contributed by atoms with van der Waals surface area (Å²) in [5.41, 5.74) is 3.62. The predicted octanol–water partition coefficient (Wildman–Crippen LogP) is 4.56. The zero-order chi connectivity index (χ0) is 16.0. The van der Waals surface area contributed by atoms with Crippen LogP contribution in [0.3, 0.4) is 0 Å². The molecule has 0 aliphatic heterocycles. The molecule has 1 unspecified atom stereocenters. The third-order valence-electron chi connectivity index (χ3n) is 3.84. The van der Waals surface area contributed by atoms with Gasteiger partial charge in [0.1, 0.15) is 0 Å². The monoisotopic (exact) mass is 288 g/mol. The van der Waals surface area contributed by atoms with Crippen molar-refractivity contribution in [2.75, 3.05) is 0 Å². The van der Waals surface area contributed by atoms with Crippen LogP contribution in [0.2, 0.25) is 0 Å². The van der Waals surface area contributed by atoms with Gasteiger partial charge in [0, 0.05) is 6.20 Å². The van der Waals surface area contributed by atoms with Crippen molar-refractivity contribution >= 4 is 6.03 Å². The van der Waals surface area contributed by atoms with Gasteiger partial charge in [-0.1, -0.05) is 57.5 Å². The van der Waals surface area contributed by atoms with Crippen LogP contribution in [0.4, 0.5) is 4.79 Å². The van der Waals surface area contributed by atoms with E-state index in [9.17, 15) is 4.79 Å². The van der Waals surface area contributed by atoms with Crippen LogP contribution < -0.4 is 10.6 Å². The molecule has 1 rings (SSSR count). The van der Waals surface area contributed by atoms with Crippen LogP contribution in [-0.2, 0) is 6.42 Å². The SMILES string of the molecule is CCc1ccc(C(C)NC(=O)N/C=C(\C)C(C)(C)C)cc1. The molecule has 0 heterocycles. The van der Waals surface area contributed by atoms with E-state index in [1.165, 1.54) is 5.56 Å². The van der Waals surface area contributed by atoms with Crippen molar-refractivity contribution in [3.05, 3.63) is 47.2 Å². The van der Waals surface area contributed by atoms with Gasteiger partial charge in [-0.3, -0.25) is 0 Å². The fraction of sp³-hybridized carbons (Fsp3) is 0.500. The number of hydrogen-bond acceptors (Lipinski definition) is 1. The second-order valence-corrected chi connectivity index (χ2v) is 6.51. The van der Waals surface area contributed by atoms with Gasteiger partial charge in [0.15, 0.2) is 0 Å². The number of amides is 2. The molecule has 21 heavy (non-hydrogen) atoms. The van der Waals surface area contributed by atoms with E-state index in [4.69, 9.17) is 0 Å². The molecule has 3 heteroatoms. The molecule has 1 aromatic rings. The molecular formula is C18H28N2O. The summed E-state index contributed by atoms with van der Waals surface area (Å²) in [6.45, 7) is 12.5. The Labute approximate surface area is 128 Å². The maximum absolute atomic E-state index is 11.9. The van der Waals surface area contributed by atoms with Crippen LogP contribution in [0.25, 0.3) is 0 Å². The zero-order valence-corrected chi connectivity index (χ0v) is 14.1. The van der Waals surface area contributed by atoms with Gasteiger partial charge in [0.05, 0.1) is 6.04 Å². The highest BCUT2D eigenvalue weighted by atomic mass is 16.2. The molecule has 0 radical (unpaired) electrons. The highest BCUT2D eigenvalue weighted by Crippen LogP contribution is 2.23. The fourth-order valence-corrected chi connectivity index (χ4v) is 1.75. The second kappa shape index (κ2) is 7.30. The largest absolute Gasteiger partial charge is 0.331 e. The van der Waals surface area contributed by atoms with Crippen LogP contribution in [0, 0.1) is 5.41 Å². The van der Waals surface area contributed by atoms with Crippen molar-refractivity contribution in [1.82, 2.24) is 10.6 Å². The summed E-state index contributed by atoms with van der Waals surface area (Å²) in [5.74, 6) is 0. The van der Waals surface area contributed by atoms with Crippen LogP contribution in [0.5, 0.6) is 0 Å². The number of urea groups is 1. The molecule has 1 atom stereocenters. The first-order valence-corrected chi connectivity index (χ1v) is 7.57. The lowest BCUT2D eigenvalue weighted by atomic mass is 9.88. The molecule has 1 aromatic carbocycles. The molecule has 0 bridgehead atoms. The molecule has 0 saturated heterocycles. The first kappa shape index (κ1) is 17.3. The Balaban J connectivity index is 2.57. The van der Waals surface area contributed by atoms with Crippen molar-refractivity contribution < 1.29 is 4.79 Å². The first-order chi connectivity index (χ1) is 9.74. The Morgan fingerprint density at radius 3 is 2.29 bits per heavy atom. The first-order valence-electron chi connectivity index (χ1n) is 7.57. The van der Waals surface area contributed by atoms with Crippen molar-refractivity contribution in [3.8, 4) is 0 Å². The van der Waals surface area contributed by atoms with Gasteiger partial charge >= 0.3 is 6.03 Å². The number of nitrogens with one attached hydrogen (secondary N) is 2. The summed E-state index contributed by atoms with van der Waals surface area (Å²) in [7, 11) is 0. The van der Waals surface area contributed by atoms with E-state index in [-0.39, 0.29) is 17.5 Å². The molecule has 3 nitrogen and oxygen atoms in total. The van der Waals surface area contributed by atoms with Gasteiger partial charge in [-0.25, -0.2) is 4.79 Å². The van der Waals surface area contributed by atoms with Crippen LogP contribution >= 0.6 is 0 Å². The van der Waals surface area contributed by atoms with Gasteiger partial charge in [-0.2, -0.15) is 0 Å². The van der Waals surface area contributed by atoms with Crippen LogP contribution in [-0.4, -0.2) is 6.03 Å². The molecular weight excluding hydrogens is 260 g/mol. The van der Waals surface area contributed by atoms with E-state index >= 15 is 0 Å². The van der Waals surface area contributed by atoms with E-state index in [1.807, 2.05) is 13.8 Å². The Morgan fingerprint density at radius 2 is 1.81 bits per heavy atom. The molecule has 116 valence electrons. The lowest BCUT2D eigenvalue weighted by Gasteiger charge is -2.20. The average molecular weight is 288 g/mol. The van der Waals surface area contributed by atoms with Crippen molar-refractivity contribution in [3.63, 3.8) is 0 Å². The minimum absolute atomic E-state index is 0.0146. The summed E-state index contributed by atoms with van der Waals surface area (Å²) in [4.78, 5) is 11.9. The summed E-state index contributed by atoms with van der Waals surface area (Å²) in [6.07, 6.45) is 2.81. The van der Waals surface area contributed by atoms with Crippen LogP contribution in [0.1, 0.15) is 58.7 Å². The maximum atomic E-state index is 11.9. The van der Waals surface area contributed by atoms with E-state index in [0.29, 0.717) is 0 Å². The second-order valence-electron chi connectivity index (χ2n) is 6.51. The molecule has 2 N–H and O–H groups in total. The molecule has 0 fully saturated rings. The number of aryl methyl sites for hydroxylation is 1. The topological polar surface area (TPSA) is 41.1 Å². The van der Waals surface area contributed by atoms with E-state index in [0.717, 1.165) is 17.6 Å². The third-order valence-corrected chi connectivity index (χ3v) is 3.84. The lowest BCUT2D eigenvalue weighted by Crippen LogP contribution is -2.34. The Morgan fingerprint density at radius 1 is 1.24 bits per heavy atom. The predicted molar refractivity (Wildman–Crippen MR) is 89.1 cm³/mol. The van der Waals surface area contributed by atoms with E-state index in [1.54, 1.807) is 6.20 Å². The molecule has 0 aromatic heterocycles. The molecule has 0 saturated carbocycles. The highest BCUT2D eigenvalue weighted by molar-refractivity contribution is 5.75. The number of benzene rings is 1. The van der Waals surface area contributed by atoms with E-state index in [2.05, 4.69) is 62.6 Å². The number of rotatable bonds is 4. The summed E-state index contributed by atoms with van der Waals surface area (Å²) in [6, 6.07) is 8.16. The number of hydrogen-bond donors (Lipinski definition) is 2. The summed E-state index contributed by atoms with van der Waals surface area (Å²) in [5, 5.41) is 5.75.